The highest BCUT2D eigenvalue weighted by atomic mass is 31.2. The van der Waals surface area contributed by atoms with E-state index in [-0.39, 0.29) is 11.2 Å². The van der Waals surface area contributed by atoms with Gasteiger partial charge in [-0.2, -0.15) is 0 Å². The van der Waals surface area contributed by atoms with Crippen LogP contribution in [0.1, 0.15) is 38.8 Å². The van der Waals surface area contributed by atoms with Crippen molar-refractivity contribution in [1.82, 2.24) is 0 Å². The van der Waals surface area contributed by atoms with Gasteiger partial charge in [-0.05, 0) is 73.5 Å². The fraction of sp³-hybridized carbons (Fsp3) is 0.200. The fourth-order valence-electron chi connectivity index (χ4n) is 3.81. The van der Waals surface area contributed by atoms with Gasteiger partial charge < -0.3 is 18.9 Å². The Morgan fingerprint density at radius 1 is 0.583 bits per heavy atom. The van der Waals surface area contributed by atoms with Crippen LogP contribution in [0.4, 0.5) is 0 Å². The molecule has 4 rings (SSSR count). The van der Waals surface area contributed by atoms with Gasteiger partial charge in [-0.1, -0.05) is 74.5 Å². The second-order valence-corrected chi connectivity index (χ2v) is 12.0. The summed E-state index contributed by atoms with van der Waals surface area (Å²) in [5.41, 5.74) is 1.79. The van der Waals surface area contributed by atoms with Crippen molar-refractivity contribution in [3.05, 3.63) is 120 Å². The van der Waals surface area contributed by atoms with Gasteiger partial charge in [0.2, 0.25) is 5.34 Å². The number of phenols is 1. The Morgan fingerprint density at radius 2 is 1.00 bits per heavy atom. The van der Waals surface area contributed by atoms with E-state index in [0.29, 0.717) is 17.2 Å². The second-order valence-electron chi connectivity index (χ2n) is 9.55. The van der Waals surface area contributed by atoms with E-state index in [2.05, 4.69) is 13.8 Å². The predicted molar refractivity (Wildman–Crippen MR) is 143 cm³/mol. The summed E-state index contributed by atoms with van der Waals surface area (Å²) in [6, 6.07) is 32.8. The van der Waals surface area contributed by atoms with Crippen molar-refractivity contribution < 1.29 is 23.5 Å². The van der Waals surface area contributed by atoms with Crippen LogP contribution in [0.15, 0.2) is 109 Å². The summed E-state index contributed by atoms with van der Waals surface area (Å²) in [7, 11) is -3.90. The van der Waals surface area contributed by atoms with Crippen LogP contribution in [0.3, 0.4) is 0 Å². The summed E-state index contributed by atoms with van der Waals surface area (Å²) in [6.07, 6.45) is 0. The summed E-state index contributed by atoms with van der Waals surface area (Å²) in [4.78, 5) is 0. The molecule has 0 radical (unpaired) electrons. The topological polar surface area (TPSA) is 65.0 Å². The minimum Gasteiger partial charge on any atom is -0.508 e. The largest absolute Gasteiger partial charge is 0.508 e. The zero-order chi connectivity index (χ0) is 25.8. The monoisotopic (exact) mass is 502 g/mol. The van der Waals surface area contributed by atoms with Gasteiger partial charge in [0, 0.05) is 5.41 Å². The third-order valence-corrected chi connectivity index (χ3v) is 8.44. The quantitative estimate of drug-likeness (QED) is 0.234. The lowest BCUT2D eigenvalue weighted by Gasteiger charge is -2.33. The van der Waals surface area contributed by atoms with E-state index < -0.39 is 12.9 Å². The first-order chi connectivity index (χ1) is 17.1. The Balaban J connectivity index is 1.63. The van der Waals surface area contributed by atoms with Gasteiger partial charge in [0.25, 0.3) is 0 Å². The first-order valence-corrected chi connectivity index (χ1v) is 13.3. The molecular formula is C30H31O5P. The minimum atomic E-state index is -3.90. The molecule has 186 valence electrons. The molecule has 0 aliphatic rings. The minimum absolute atomic E-state index is 0.229. The van der Waals surface area contributed by atoms with E-state index in [0.717, 1.165) is 11.1 Å². The van der Waals surface area contributed by atoms with E-state index in [1.165, 1.54) is 0 Å². The third-order valence-electron chi connectivity index (χ3n) is 6.13. The molecule has 36 heavy (non-hydrogen) atoms. The molecule has 4 aromatic rings. The van der Waals surface area contributed by atoms with Gasteiger partial charge in [-0.25, -0.2) is 4.57 Å². The molecule has 0 saturated heterocycles. The summed E-state index contributed by atoms with van der Waals surface area (Å²) in [5.74, 6) is 1.63. The zero-order valence-corrected chi connectivity index (χ0v) is 21.8. The maximum atomic E-state index is 14.3. The average Bonchev–Trinajstić information content (AvgIpc) is 2.85. The molecule has 0 aliphatic heterocycles. The van der Waals surface area contributed by atoms with Crippen molar-refractivity contribution in [3.63, 3.8) is 0 Å². The number of phenolic OH excluding ortho intramolecular Hbond substituents is 1. The van der Waals surface area contributed by atoms with Crippen molar-refractivity contribution in [2.45, 2.75) is 38.5 Å². The van der Waals surface area contributed by atoms with Crippen LogP contribution in [0.5, 0.6) is 23.0 Å². The van der Waals surface area contributed by atoms with Gasteiger partial charge in [0.05, 0.1) is 0 Å². The van der Waals surface area contributed by atoms with E-state index in [1.54, 1.807) is 62.4 Å². The zero-order valence-electron chi connectivity index (χ0n) is 20.9. The lowest BCUT2D eigenvalue weighted by Crippen LogP contribution is -2.33. The van der Waals surface area contributed by atoms with E-state index in [4.69, 9.17) is 13.8 Å². The maximum absolute atomic E-state index is 14.3. The number of hydrogen-bond donors (Lipinski definition) is 1. The normalized spacial score (nSPS) is 13.4. The van der Waals surface area contributed by atoms with Crippen LogP contribution in [-0.4, -0.2) is 10.4 Å². The maximum Gasteiger partial charge on any atom is 0.473 e. The molecule has 0 saturated carbocycles. The molecule has 1 N–H and O–H groups in total. The van der Waals surface area contributed by atoms with Crippen LogP contribution < -0.4 is 13.8 Å². The van der Waals surface area contributed by atoms with Crippen LogP contribution >= 0.6 is 7.60 Å². The Morgan fingerprint density at radius 3 is 1.50 bits per heavy atom. The Hall–Kier alpha value is -3.69. The molecule has 1 atom stereocenters. The lowest BCUT2D eigenvalue weighted by atomic mass is 9.78. The summed E-state index contributed by atoms with van der Waals surface area (Å²) in [5, 5.41) is 8.34. The molecule has 0 aromatic heterocycles. The van der Waals surface area contributed by atoms with E-state index in [9.17, 15) is 9.67 Å². The summed E-state index contributed by atoms with van der Waals surface area (Å²) >= 11 is 0. The smallest absolute Gasteiger partial charge is 0.473 e. The van der Waals surface area contributed by atoms with Crippen LogP contribution in [0.2, 0.25) is 0 Å². The van der Waals surface area contributed by atoms with Crippen molar-refractivity contribution in [1.29, 1.82) is 0 Å². The molecule has 6 heteroatoms. The Kier molecular flexibility index (Phi) is 7.14. The Bertz CT molecular complexity index is 1320. The average molecular weight is 503 g/mol. The van der Waals surface area contributed by atoms with Gasteiger partial charge in [-0.3, -0.25) is 0 Å². The molecule has 4 aromatic carbocycles. The fourth-order valence-corrected chi connectivity index (χ4v) is 5.30. The number of rotatable bonds is 9. The molecule has 0 fully saturated rings. The van der Waals surface area contributed by atoms with Crippen molar-refractivity contribution in [2.75, 3.05) is 0 Å². The molecule has 0 bridgehead atoms. The van der Waals surface area contributed by atoms with Crippen molar-refractivity contribution in [3.8, 4) is 23.0 Å². The highest BCUT2D eigenvalue weighted by Crippen LogP contribution is 2.59. The predicted octanol–water partition coefficient (Wildman–Crippen LogP) is 8.18. The Labute approximate surface area is 212 Å². The van der Waals surface area contributed by atoms with Crippen molar-refractivity contribution in [2.24, 2.45) is 0 Å². The molecule has 5 nitrogen and oxygen atoms in total. The molecule has 0 spiro atoms. The second kappa shape index (κ2) is 10.1. The van der Waals surface area contributed by atoms with Gasteiger partial charge in [0.1, 0.15) is 23.0 Å². The number of para-hydroxylation sites is 2. The number of benzene rings is 4. The first kappa shape index (κ1) is 25.4. The van der Waals surface area contributed by atoms with Crippen LogP contribution in [0, 0.1) is 0 Å². The molecular weight excluding hydrogens is 471 g/mol. The molecule has 0 heterocycles. The molecule has 0 aliphatic carbocycles. The van der Waals surface area contributed by atoms with Crippen LogP contribution in [-0.2, 0) is 9.98 Å². The lowest BCUT2D eigenvalue weighted by molar-refractivity contribution is 0.157. The molecule has 1 unspecified atom stereocenters. The van der Waals surface area contributed by atoms with Gasteiger partial charge in [-0.15, -0.1) is 0 Å². The number of ether oxygens (including phenoxy) is 1. The highest BCUT2D eigenvalue weighted by molar-refractivity contribution is 7.56. The van der Waals surface area contributed by atoms with Crippen molar-refractivity contribution >= 4 is 7.60 Å². The summed E-state index contributed by atoms with van der Waals surface area (Å²) in [6.45, 7) is 7.61. The number of hydrogen-bond acceptors (Lipinski definition) is 5. The van der Waals surface area contributed by atoms with E-state index >= 15 is 0 Å². The van der Waals surface area contributed by atoms with Gasteiger partial charge >= 0.3 is 7.60 Å². The summed E-state index contributed by atoms with van der Waals surface area (Å²) < 4.78 is 32.6. The van der Waals surface area contributed by atoms with Gasteiger partial charge in [0.15, 0.2) is 0 Å². The van der Waals surface area contributed by atoms with Crippen LogP contribution in [0.25, 0.3) is 0 Å². The first-order valence-electron chi connectivity index (χ1n) is 11.8. The standard InChI is InChI=1S/C30H31O5P/c1-29(2,23-15-19-25(31)20-16-23)24-17-21-28(22-18-24)35-36(32,34-27-13-9-6-10-14-27)30(3,4)33-26-11-7-5-8-12-26/h5-22,31H,1-4H3. The number of aromatic hydroxyl groups is 1. The highest BCUT2D eigenvalue weighted by Gasteiger charge is 2.49. The third kappa shape index (κ3) is 5.58. The SMILES string of the molecule is CC(C)(c1ccc(O)cc1)c1ccc(OP(=O)(Oc2ccccc2)C(C)(C)Oc2ccccc2)cc1. The molecule has 0 amide bonds. The van der Waals surface area contributed by atoms with E-state index in [1.807, 2.05) is 60.7 Å².